The van der Waals surface area contributed by atoms with Crippen molar-refractivity contribution in [3.63, 3.8) is 0 Å². The fourth-order valence-electron chi connectivity index (χ4n) is 1.31. The Morgan fingerprint density at radius 2 is 1.85 bits per heavy atom. The molecular formula is C9H8Cl2FN. The van der Waals surface area contributed by atoms with Crippen molar-refractivity contribution in [2.24, 2.45) is 5.73 Å². The normalized spacial score (nSPS) is 18.8. The minimum absolute atomic E-state index is 0.0398. The van der Waals surface area contributed by atoms with Crippen LogP contribution in [0.4, 0.5) is 4.39 Å². The van der Waals surface area contributed by atoms with Gasteiger partial charge in [-0.05, 0) is 30.5 Å². The van der Waals surface area contributed by atoms with E-state index in [9.17, 15) is 4.39 Å². The summed E-state index contributed by atoms with van der Waals surface area (Å²) >= 11 is 11.5. The number of benzene rings is 1. The van der Waals surface area contributed by atoms with Crippen LogP contribution in [0.2, 0.25) is 10.0 Å². The van der Waals surface area contributed by atoms with E-state index < -0.39 is 11.4 Å². The molecule has 0 radical (unpaired) electrons. The molecule has 0 heterocycles. The molecule has 0 aliphatic heterocycles. The van der Waals surface area contributed by atoms with Crippen molar-refractivity contribution in [2.45, 2.75) is 18.4 Å². The van der Waals surface area contributed by atoms with Gasteiger partial charge in [-0.15, -0.1) is 0 Å². The quantitative estimate of drug-likeness (QED) is 0.723. The fraction of sp³-hybridized carbons (Fsp3) is 0.333. The molecule has 1 fully saturated rings. The van der Waals surface area contributed by atoms with E-state index in [1.165, 1.54) is 12.1 Å². The molecule has 0 saturated heterocycles. The number of hydrogen-bond donors (Lipinski definition) is 1. The Kier molecular flexibility index (Phi) is 2.02. The lowest BCUT2D eigenvalue weighted by Gasteiger charge is -2.11. The van der Waals surface area contributed by atoms with Gasteiger partial charge in [-0.2, -0.15) is 0 Å². The number of nitrogens with two attached hydrogens (primary N) is 1. The van der Waals surface area contributed by atoms with Gasteiger partial charge in [0, 0.05) is 10.6 Å². The molecule has 1 aromatic carbocycles. The molecule has 1 aromatic rings. The van der Waals surface area contributed by atoms with Crippen LogP contribution in [0.5, 0.6) is 0 Å². The lowest BCUT2D eigenvalue weighted by molar-refractivity contribution is 0.619. The highest BCUT2D eigenvalue weighted by atomic mass is 35.5. The molecule has 0 amide bonds. The Balaban J connectivity index is 2.52. The van der Waals surface area contributed by atoms with Crippen LogP contribution in [0.25, 0.3) is 0 Å². The number of hydrogen-bond acceptors (Lipinski definition) is 1. The zero-order valence-electron chi connectivity index (χ0n) is 6.78. The van der Waals surface area contributed by atoms with E-state index in [1.54, 1.807) is 0 Å². The molecule has 0 atom stereocenters. The van der Waals surface area contributed by atoms with Crippen molar-refractivity contribution in [1.82, 2.24) is 0 Å². The SMILES string of the molecule is NC1(c2cc(F)c(Cl)cc2Cl)CC1. The van der Waals surface area contributed by atoms with Gasteiger partial charge in [0.05, 0.1) is 5.02 Å². The second-order valence-electron chi connectivity index (χ2n) is 3.40. The van der Waals surface area contributed by atoms with Gasteiger partial charge >= 0.3 is 0 Å². The van der Waals surface area contributed by atoms with Crippen molar-refractivity contribution >= 4 is 23.2 Å². The maximum absolute atomic E-state index is 13.1. The van der Waals surface area contributed by atoms with Crippen LogP contribution in [0.15, 0.2) is 12.1 Å². The summed E-state index contributed by atoms with van der Waals surface area (Å²) in [6, 6.07) is 2.73. The Morgan fingerprint density at radius 3 is 2.38 bits per heavy atom. The molecule has 70 valence electrons. The molecule has 1 nitrogen and oxygen atoms in total. The van der Waals surface area contributed by atoms with Crippen molar-refractivity contribution < 1.29 is 4.39 Å². The summed E-state index contributed by atoms with van der Waals surface area (Å²) in [4.78, 5) is 0. The van der Waals surface area contributed by atoms with E-state index in [0.29, 0.717) is 10.6 Å². The van der Waals surface area contributed by atoms with Crippen molar-refractivity contribution in [1.29, 1.82) is 0 Å². The highest BCUT2D eigenvalue weighted by Gasteiger charge is 2.41. The highest BCUT2D eigenvalue weighted by Crippen LogP contribution is 2.46. The first-order valence-corrected chi connectivity index (χ1v) is 4.72. The summed E-state index contributed by atoms with van der Waals surface area (Å²) in [6.45, 7) is 0. The van der Waals surface area contributed by atoms with Gasteiger partial charge in [-0.25, -0.2) is 4.39 Å². The Bertz CT molecular complexity index is 361. The number of halogens is 3. The van der Waals surface area contributed by atoms with E-state index in [4.69, 9.17) is 28.9 Å². The molecule has 0 spiro atoms. The lowest BCUT2D eigenvalue weighted by atomic mass is 10.1. The van der Waals surface area contributed by atoms with Gasteiger partial charge in [0.25, 0.3) is 0 Å². The van der Waals surface area contributed by atoms with Gasteiger partial charge < -0.3 is 5.73 Å². The maximum Gasteiger partial charge on any atom is 0.142 e. The molecule has 4 heteroatoms. The van der Waals surface area contributed by atoms with Gasteiger partial charge in [0.15, 0.2) is 0 Å². The minimum atomic E-state index is -0.460. The molecule has 1 saturated carbocycles. The summed E-state index contributed by atoms with van der Waals surface area (Å²) in [5.41, 5.74) is 6.14. The third-order valence-electron chi connectivity index (χ3n) is 2.34. The Hall–Kier alpha value is -0.310. The summed E-state index contributed by atoms with van der Waals surface area (Å²) in [7, 11) is 0. The molecule has 0 aromatic heterocycles. The van der Waals surface area contributed by atoms with E-state index in [-0.39, 0.29) is 5.02 Å². The third-order valence-corrected chi connectivity index (χ3v) is 2.94. The average Bonchev–Trinajstić information content (AvgIpc) is 2.77. The summed E-state index contributed by atoms with van der Waals surface area (Å²) in [5, 5.41) is 0.490. The van der Waals surface area contributed by atoms with E-state index in [0.717, 1.165) is 12.8 Å². The van der Waals surface area contributed by atoms with Crippen LogP contribution < -0.4 is 5.73 Å². The average molecular weight is 220 g/mol. The molecule has 0 unspecified atom stereocenters. The van der Waals surface area contributed by atoms with Gasteiger partial charge in [0.1, 0.15) is 5.82 Å². The summed E-state index contributed by atoms with van der Waals surface area (Å²) in [6.07, 6.45) is 1.71. The van der Waals surface area contributed by atoms with Gasteiger partial charge in [0.2, 0.25) is 0 Å². The second kappa shape index (κ2) is 2.84. The standard InChI is InChI=1S/C9H8Cl2FN/c10-6-4-7(11)8(12)3-5(6)9(13)1-2-9/h3-4H,1-2,13H2. The second-order valence-corrected chi connectivity index (χ2v) is 4.22. The monoisotopic (exact) mass is 219 g/mol. The molecule has 1 aliphatic rings. The number of rotatable bonds is 1. The first kappa shape index (κ1) is 9.25. The van der Waals surface area contributed by atoms with Crippen molar-refractivity contribution in [3.05, 3.63) is 33.6 Å². The zero-order valence-corrected chi connectivity index (χ0v) is 8.29. The topological polar surface area (TPSA) is 26.0 Å². The molecule has 1 aliphatic carbocycles. The van der Waals surface area contributed by atoms with Crippen molar-refractivity contribution in [3.8, 4) is 0 Å². The van der Waals surface area contributed by atoms with Crippen LogP contribution in [0.1, 0.15) is 18.4 Å². The maximum atomic E-state index is 13.1. The van der Waals surface area contributed by atoms with E-state index in [2.05, 4.69) is 0 Å². The smallest absolute Gasteiger partial charge is 0.142 e. The molecular weight excluding hydrogens is 212 g/mol. The van der Waals surface area contributed by atoms with Crippen LogP contribution in [0.3, 0.4) is 0 Å². The Labute approximate surface area is 85.6 Å². The first-order valence-electron chi connectivity index (χ1n) is 3.97. The molecule has 0 bridgehead atoms. The molecule has 13 heavy (non-hydrogen) atoms. The zero-order chi connectivity index (χ0) is 9.64. The van der Waals surface area contributed by atoms with Crippen molar-refractivity contribution in [2.75, 3.05) is 0 Å². The summed E-state index contributed by atoms with van der Waals surface area (Å²) in [5.74, 6) is -0.460. The largest absolute Gasteiger partial charge is 0.321 e. The predicted molar refractivity (Wildman–Crippen MR) is 51.5 cm³/mol. The van der Waals surface area contributed by atoms with E-state index in [1.807, 2.05) is 0 Å². The lowest BCUT2D eigenvalue weighted by Crippen LogP contribution is -2.19. The molecule has 2 N–H and O–H groups in total. The Morgan fingerprint density at radius 1 is 1.23 bits per heavy atom. The third kappa shape index (κ3) is 1.54. The minimum Gasteiger partial charge on any atom is -0.321 e. The van der Waals surface area contributed by atoms with Crippen LogP contribution in [0, 0.1) is 5.82 Å². The van der Waals surface area contributed by atoms with Crippen LogP contribution >= 0.6 is 23.2 Å². The molecule has 2 rings (SSSR count). The van der Waals surface area contributed by atoms with Crippen LogP contribution in [-0.4, -0.2) is 0 Å². The fourth-order valence-corrected chi connectivity index (χ4v) is 1.88. The highest BCUT2D eigenvalue weighted by molar-refractivity contribution is 6.35. The summed E-state index contributed by atoms with van der Waals surface area (Å²) < 4.78 is 13.1. The predicted octanol–water partition coefficient (Wildman–Crippen LogP) is 3.08. The first-order chi connectivity index (χ1) is 6.03. The van der Waals surface area contributed by atoms with E-state index >= 15 is 0 Å². The van der Waals surface area contributed by atoms with Gasteiger partial charge in [-0.3, -0.25) is 0 Å². The van der Waals surface area contributed by atoms with Gasteiger partial charge in [-0.1, -0.05) is 23.2 Å². The van der Waals surface area contributed by atoms with Crippen LogP contribution in [-0.2, 0) is 5.54 Å².